The minimum atomic E-state index is -0.286. The first-order valence-electron chi connectivity index (χ1n) is 7.92. The van der Waals surface area contributed by atoms with E-state index in [1.54, 1.807) is 24.4 Å². The van der Waals surface area contributed by atoms with Crippen LogP contribution in [0.3, 0.4) is 0 Å². The van der Waals surface area contributed by atoms with E-state index in [9.17, 15) is 15.3 Å². The smallest absolute Gasteiger partial charge is 0.269 e. The summed E-state index contributed by atoms with van der Waals surface area (Å²) in [6.45, 7) is 0. The molecule has 8 nitrogen and oxygen atoms in total. The van der Waals surface area contributed by atoms with Crippen LogP contribution in [0, 0.1) is 22.7 Å². The van der Waals surface area contributed by atoms with Crippen molar-refractivity contribution < 1.29 is 4.79 Å². The number of carbonyl (C=O) groups is 1. The number of hydrogen-bond donors (Lipinski definition) is 2. The Morgan fingerprint density at radius 2 is 2.07 bits per heavy atom. The number of nitrogens with one attached hydrogen (secondary N) is 2. The summed E-state index contributed by atoms with van der Waals surface area (Å²) in [6, 6.07) is 9.20. The molecule has 1 amide bonds. The zero-order valence-electron chi connectivity index (χ0n) is 14.5. The summed E-state index contributed by atoms with van der Waals surface area (Å²) in [5.41, 5.74) is 2.34. The fraction of sp³-hybridized carbons (Fsp3) is 0.111. The first-order valence-corrected chi connectivity index (χ1v) is 9.28. The van der Waals surface area contributed by atoms with Gasteiger partial charge >= 0.3 is 0 Å². The summed E-state index contributed by atoms with van der Waals surface area (Å²) in [7, 11) is 1.53. The lowest BCUT2D eigenvalue weighted by molar-refractivity contribution is 0.0958. The average molecular weight is 410 g/mol. The molecule has 2 N–H and O–H groups in total. The van der Waals surface area contributed by atoms with E-state index < -0.39 is 0 Å². The predicted octanol–water partition coefficient (Wildman–Crippen LogP) is 2.92. The van der Waals surface area contributed by atoms with Crippen LogP contribution in [-0.2, 0) is 5.75 Å². The molecule has 3 heterocycles. The van der Waals surface area contributed by atoms with E-state index in [0.717, 1.165) is 5.56 Å². The number of carbonyl (C=O) groups excluding carboxylic acids is 1. The fourth-order valence-corrected chi connectivity index (χ4v) is 3.68. The molecule has 0 unspecified atom stereocenters. The van der Waals surface area contributed by atoms with Crippen molar-refractivity contribution in [2.24, 2.45) is 0 Å². The highest BCUT2D eigenvalue weighted by atomic mass is 35.5. The lowest BCUT2D eigenvalue weighted by Crippen LogP contribution is -2.19. The van der Waals surface area contributed by atoms with Gasteiger partial charge in [-0.3, -0.25) is 14.9 Å². The van der Waals surface area contributed by atoms with Gasteiger partial charge in [0, 0.05) is 30.8 Å². The third-order valence-corrected chi connectivity index (χ3v) is 5.09. The number of halogens is 1. The Morgan fingerprint density at radius 1 is 1.29 bits per heavy atom. The molecule has 0 aliphatic carbocycles. The van der Waals surface area contributed by atoms with Gasteiger partial charge in [-0.25, -0.2) is 4.98 Å². The van der Waals surface area contributed by atoms with Crippen LogP contribution in [0.1, 0.15) is 27.2 Å². The molecule has 0 bridgehead atoms. The maximum Gasteiger partial charge on any atom is 0.269 e. The number of nitrogens with zero attached hydrogens (tertiary/aromatic N) is 5. The number of thioether (sulfide) groups is 1. The minimum Gasteiger partial charge on any atom is -0.354 e. The van der Waals surface area contributed by atoms with Gasteiger partial charge < -0.3 is 5.32 Å². The Hall–Kier alpha value is -3.40. The molecule has 0 fully saturated rings. The summed E-state index contributed by atoms with van der Waals surface area (Å²) >= 11 is 7.47. The van der Waals surface area contributed by atoms with Crippen LogP contribution in [0.15, 0.2) is 35.6 Å². The Balaban J connectivity index is 1.99. The molecule has 3 rings (SSSR count). The first-order chi connectivity index (χ1) is 13.6. The molecule has 28 heavy (non-hydrogen) atoms. The fourth-order valence-electron chi connectivity index (χ4n) is 2.48. The Kier molecular flexibility index (Phi) is 5.90. The highest BCUT2D eigenvalue weighted by molar-refractivity contribution is 7.98. The van der Waals surface area contributed by atoms with E-state index in [2.05, 4.69) is 31.6 Å². The van der Waals surface area contributed by atoms with Gasteiger partial charge in [0.15, 0.2) is 0 Å². The van der Waals surface area contributed by atoms with Crippen LogP contribution in [0.2, 0.25) is 5.15 Å². The number of H-pyrrole nitrogens is 1. The number of amides is 1. The van der Waals surface area contributed by atoms with Crippen molar-refractivity contribution in [3.63, 3.8) is 0 Å². The molecule has 3 aromatic rings. The molecule has 138 valence electrons. The molecule has 0 saturated carbocycles. The van der Waals surface area contributed by atoms with Gasteiger partial charge in [-0.05, 0) is 23.8 Å². The summed E-state index contributed by atoms with van der Waals surface area (Å²) in [4.78, 5) is 20.0. The minimum absolute atomic E-state index is 0.00868. The highest BCUT2D eigenvalue weighted by Crippen LogP contribution is 2.36. The summed E-state index contributed by atoms with van der Waals surface area (Å²) < 4.78 is 0. The average Bonchev–Trinajstić information content (AvgIpc) is 3.25. The molecular formula is C18H12ClN7OS. The van der Waals surface area contributed by atoms with Crippen LogP contribution < -0.4 is 5.32 Å². The van der Waals surface area contributed by atoms with Crippen molar-refractivity contribution in [2.45, 2.75) is 10.8 Å². The zero-order chi connectivity index (χ0) is 20.1. The van der Waals surface area contributed by atoms with Crippen molar-refractivity contribution in [1.82, 2.24) is 25.5 Å². The SMILES string of the molecule is CNC(=O)c1cc(CSc2nc(Cl)c(C#N)c(-c3ccn[nH]3)c2C#N)ccn1. The molecule has 0 atom stereocenters. The van der Waals surface area contributed by atoms with Crippen molar-refractivity contribution in [1.29, 1.82) is 10.5 Å². The number of aromatic nitrogens is 4. The first kappa shape index (κ1) is 19.4. The second-order valence-electron chi connectivity index (χ2n) is 5.44. The highest BCUT2D eigenvalue weighted by Gasteiger charge is 2.21. The maximum atomic E-state index is 11.7. The molecule has 0 saturated heterocycles. The van der Waals surface area contributed by atoms with E-state index in [1.807, 2.05) is 6.07 Å². The van der Waals surface area contributed by atoms with Gasteiger partial charge in [0.25, 0.3) is 5.91 Å². The Labute approximate surface area is 169 Å². The standard InChI is InChI=1S/C18H12ClN7OS/c1-22-17(27)14-6-10(2-4-23-14)9-28-18-12(8-21)15(13-3-5-24-26-13)11(7-20)16(19)25-18/h2-6H,9H2,1H3,(H,22,27)(H,24,26). The number of hydrogen-bond acceptors (Lipinski definition) is 7. The van der Waals surface area contributed by atoms with Crippen LogP contribution in [0.4, 0.5) is 0 Å². The number of aromatic amines is 1. The van der Waals surface area contributed by atoms with E-state index in [0.29, 0.717) is 27.7 Å². The Morgan fingerprint density at radius 3 is 2.71 bits per heavy atom. The van der Waals surface area contributed by atoms with Gasteiger partial charge in [0.2, 0.25) is 0 Å². The summed E-state index contributed by atoms with van der Waals surface area (Å²) in [5, 5.41) is 28.7. The van der Waals surface area contributed by atoms with Gasteiger partial charge in [-0.1, -0.05) is 11.6 Å². The lowest BCUT2D eigenvalue weighted by atomic mass is 10.0. The van der Waals surface area contributed by atoms with Gasteiger partial charge in [-0.15, -0.1) is 11.8 Å². The monoisotopic (exact) mass is 409 g/mol. The number of nitriles is 2. The second-order valence-corrected chi connectivity index (χ2v) is 6.77. The number of rotatable bonds is 5. The van der Waals surface area contributed by atoms with Gasteiger partial charge in [0.05, 0.1) is 11.3 Å². The van der Waals surface area contributed by atoms with Gasteiger partial charge in [0.1, 0.15) is 33.6 Å². The van der Waals surface area contributed by atoms with Crippen LogP contribution >= 0.6 is 23.4 Å². The third-order valence-electron chi connectivity index (χ3n) is 3.77. The topological polar surface area (TPSA) is 131 Å². The molecule has 0 aliphatic rings. The summed E-state index contributed by atoms with van der Waals surface area (Å²) in [6.07, 6.45) is 3.07. The van der Waals surface area contributed by atoms with E-state index in [4.69, 9.17) is 11.6 Å². The second kappa shape index (κ2) is 8.53. The van der Waals surface area contributed by atoms with Crippen molar-refractivity contribution >= 4 is 29.3 Å². The van der Waals surface area contributed by atoms with E-state index >= 15 is 0 Å². The molecule has 0 spiro atoms. The van der Waals surface area contributed by atoms with E-state index in [1.165, 1.54) is 25.0 Å². The lowest BCUT2D eigenvalue weighted by Gasteiger charge is -2.11. The maximum absolute atomic E-state index is 11.7. The van der Waals surface area contributed by atoms with E-state index in [-0.39, 0.29) is 22.2 Å². The third kappa shape index (κ3) is 3.81. The molecule has 0 radical (unpaired) electrons. The normalized spacial score (nSPS) is 10.1. The van der Waals surface area contributed by atoms with Crippen molar-refractivity contribution in [2.75, 3.05) is 7.05 Å². The largest absolute Gasteiger partial charge is 0.354 e. The van der Waals surface area contributed by atoms with Crippen LogP contribution in [0.25, 0.3) is 11.3 Å². The molecular weight excluding hydrogens is 398 g/mol. The quantitative estimate of drug-likeness (QED) is 0.489. The summed E-state index contributed by atoms with van der Waals surface area (Å²) in [5.74, 6) is 0.143. The van der Waals surface area contributed by atoms with Crippen molar-refractivity contribution in [3.8, 4) is 23.4 Å². The van der Waals surface area contributed by atoms with Crippen LogP contribution in [-0.4, -0.2) is 33.1 Å². The molecule has 10 heteroatoms. The predicted molar refractivity (Wildman–Crippen MR) is 103 cm³/mol. The molecule has 3 aromatic heterocycles. The van der Waals surface area contributed by atoms with Crippen LogP contribution in [0.5, 0.6) is 0 Å². The zero-order valence-corrected chi connectivity index (χ0v) is 16.1. The molecule has 0 aliphatic heterocycles. The Bertz CT molecular complexity index is 1120. The van der Waals surface area contributed by atoms with Gasteiger partial charge in [-0.2, -0.15) is 15.6 Å². The number of pyridine rings is 2. The molecule has 0 aromatic carbocycles. The van der Waals surface area contributed by atoms with Crippen molar-refractivity contribution in [3.05, 3.63) is 58.1 Å².